The van der Waals surface area contributed by atoms with E-state index >= 15 is 4.39 Å². The molecule has 2 N–H and O–H groups in total. The van der Waals surface area contributed by atoms with Crippen molar-refractivity contribution in [3.8, 4) is 0 Å². The molecule has 1 saturated heterocycles. The van der Waals surface area contributed by atoms with E-state index in [2.05, 4.69) is 0 Å². The van der Waals surface area contributed by atoms with Crippen molar-refractivity contribution < 1.29 is 28.9 Å². The predicted molar refractivity (Wildman–Crippen MR) is 148 cm³/mol. The summed E-state index contributed by atoms with van der Waals surface area (Å²) in [6.45, 7) is 6.09. The molecular weight excluding hydrogens is 527 g/mol. The van der Waals surface area contributed by atoms with Crippen LogP contribution in [0.1, 0.15) is 66.7 Å². The molecule has 4 rings (SSSR count). The van der Waals surface area contributed by atoms with Crippen LogP contribution in [0.25, 0.3) is 10.9 Å². The number of pyridine rings is 1. The smallest absolute Gasteiger partial charge is 0.341 e. The minimum atomic E-state index is -1.39. The van der Waals surface area contributed by atoms with Crippen LogP contribution in [0.3, 0.4) is 0 Å². The number of fused-ring (bicyclic) bond motifs is 1. The molecule has 8 nitrogen and oxygen atoms in total. The van der Waals surface area contributed by atoms with Gasteiger partial charge in [-0.2, -0.15) is 0 Å². The first-order valence-corrected chi connectivity index (χ1v) is 13.4. The van der Waals surface area contributed by atoms with Gasteiger partial charge in [-0.25, -0.2) is 9.18 Å². The molecule has 1 aliphatic heterocycles. The van der Waals surface area contributed by atoms with Crippen LogP contribution in [-0.4, -0.2) is 52.5 Å². The molecule has 0 saturated carbocycles. The average Bonchev–Trinajstić information content (AvgIpc) is 3.33. The number of carboxylic acids is 1. The monoisotopic (exact) mass is 558 g/mol. The Morgan fingerprint density at radius 1 is 1.15 bits per heavy atom. The van der Waals surface area contributed by atoms with Crippen molar-refractivity contribution in [3.63, 3.8) is 0 Å². The van der Waals surface area contributed by atoms with Gasteiger partial charge in [0.1, 0.15) is 11.4 Å². The lowest BCUT2D eigenvalue weighted by Crippen LogP contribution is -2.30. The third-order valence-electron chi connectivity index (χ3n) is 7.33. The lowest BCUT2D eigenvalue weighted by atomic mass is 9.94. The second-order valence-corrected chi connectivity index (χ2v) is 10.1. The van der Waals surface area contributed by atoms with E-state index in [0.717, 1.165) is 5.56 Å². The molecule has 1 aliphatic rings. The van der Waals surface area contributed by atoms with Crippen molar-refractivity contribution >= 4 is 40.1 Å². The number of aromatic nitrogens is 1. The summed E-state index contributed by atoms with van der Waals surface area (Å²) >= 11 is 6.22. The number of benzene rings is 2. The SMILES string of the molecule is CCOC(C)C(CO)n1cc(C(=O)O)c(=O)c2cc(Cc3cc(N4CCCC4=O)cc(Cl)c3F)c(CC)cc21. The van der Waals surface area contributed by atoms with Crippen molar-refractivity contribution in [1.29, 1.82) is 0 Å². The topological polar surface area (TPSA) is 109 Å². The average molecular weight is 559 g/mol. The minimum absolute atomic E-state index is 0.0509. The second kappa shape index (κ2) is 11.9. The Hall–Kier alpha value is -3.27. The maximum atomic E-state index is 15.2. The van der Waals surface area contributed by atoms with Gasteiger partial charge in [-0.05, 0) is 67.6 Å². The number of halogens is 2. The zero-order chi connectivity index (χ0) is 28.4. The van der Waals surface area contributed by atoms with Crippen LogP contribution in [0.4, 0.5) is 10.1 Å². The van der Waals surface area contributed by atoms with Crippen LogP contribution in [0.15, 0.2) is 35.3 Å². The summed E-state index contributed by atoms with van der Waals surface area (Å²) in [6.07, 6.45) is 2.54. The highest BCUT2D eigenvalue weighted by Gasteiger charge is 2.26. The maximum Gasteiger partial charge on any atom is 0.341 e. The fraction of sp³-hybridized carbons (Fsp3) is 0.414. The van der Waals surface area contributed by atoms with Gasteiger partial charge in [0.05, 0.1) is 29.3 Å². The molecule has 2 atom stereocenters. The summed E-state index contributed by atoms with van der Waals surface area (Å²) in [5.41, 5.74) is 1.57. The number of rotatable bonds is 10. The standard InChI is InChI=1S/C29H32ClFN2O6/c1-4-17-12-24-21(28(36)22(29(37)38)14-33(24)25(15-34)16(3)39-5-2)11-18(17)9-19-10-20(13-23(30)27(19)31)32-8-6-7-26(32)35/h10-14,16,25,34H,4-9,15H2,1-3H3,(H,37,38). The summed E-state index contributed by atoms with van der Waals surface area (Å²) in [5, 5.41) is 20.0. The van der Waals surface area contributed by atoms with Gasteiger partial charge >= 0.3 is 5.97 Å². The van der Waals surface area contributed by atoms with Crippen LogP contribution >= 0.6 is 11.6 Å². The molecular formula is C29H32ClFN2O6. The molecule has 208 valence electrons. The van der Waals surface area contributed by atoms with Crippen molar-refractivity contribution in [1.82, 2.24) is 4.57 Å². The van der Waals surface area contributed by atoms with Crippen LogP contribution in [0, 0.1) is 5.82 Å². The van der Waals surface area contributed by atoms with E-state index in [9.17, 15) is 24.6 Å². The molecule has 0 aliphatic carbocycles. The van der Waals surface area contributed by atoms with Crippen molar-refractivity contribution in [3.05, 3.63) is 73.8 Å². The van der Waals surface area contributed by atoms with Gasteiger partial charge in [0.2, 0.25) is 11.3 Å². The highest BCUT2D eigenvalue weighted by molar-refractivity contribution is 6.31. The van der Waals surface area contributed by atoms with Crippen LogP contribution in [0.2, 0.25) is 5.02 Å². The van der Waals surface area contributed by atoms with E-state index in [1.165, 1.54) is 12.3 Å². The molecule has 2 heterocycles. The number of carbonyl (C=O) groups excluding carboxylic acids is 1. The summed E-state index contributed by atoms with van der Waals surface area (Å²) in [7, 11) is 0. The molecule has 1 amide bonds. The van der Waals surface area contributed by atoms with Gasteiger partial charge in [0.25, 0.3) is 0 Å². The number of aromatic carboxylic acids is 1. The molecule has 1 fully saturated rings. The molecule has 2 aromatic carbocycles. The highest BCUT2D eigenvalue weighted by Crippen LogP contribution is 2.32. The van der Waals surface area contributed by atoms with E-state index in [0.29, 0.717) is 49.2 Å². The van der Waals surface area contributed by atoms with Gasteiger partial charge in [0, 0.05) is 43.3 Å². The van der Waals surface area contributed by atoms with Crippen LogP contribution in [-0.2, 0) is 22.4 Å². The van der Waals surface area contributed by atoms with E-state index in [-0.39, 0.29) is 34.9 Å². The molecule has 0 spiro atoms. The molecule has 39 heavy (non-hydrogen) atoms. The first kappa shape index (κ1) is 28.7. The van der Waals surface area contributed by atoms with E-state index in [1.54, 1.807) is 34.6 Å². The van der Waals surface area contributed by atoms with Crippen molar-refractivity contribution in [2.24, 2.45) is 0 Å². The maximum absolute atomic E-state index is 15.2. The molecule has 2 unspecified atom stereocenters. The number of aliphatic hydroxyl groups excluding tert-OH is 1. The zero-order valence-corrected chi connectivity index (χ0v) is 22.9. The van der Waals surface area contributed by atoms with Crippen molar-refractivity contribution in [2.45, 2.75) is 58.6 Å². The molecule has 1 aromatic heterocycles. The number of carbonyl (C=O) groups is 2. The predicted octanol–water partition coefficient (Wildman–Crippen LogP) is 4.73. The van der Waals surface area contributed by atoms with Crippen LogP contribution in [0.5, 0.6) is 0 Å². The molecule has 0 bridgehead atoms. The Bertz CT molecular complexity index is 1490. The highest BCUT2D eigenvalue weighted by atomic mass is 35.5. The van der Waals surface area contributed by atoms with Gasteiger partial charge in [-0.15, -0.1) is 0 Å². The third-order valence-corrected chi connectivity index (χ3v) is 7.61. The Balaban J connectivity index is 1.90. The summed E-state index contributed by atoms with van der Waals surface area (Å²) < 4.78 is 22.5. The quantitative estimate of drug-likeness (QED) is 0.372. The lowest BCUT2D eigenvalue weighted by molar-refractivity contribution is -0.117. The number of nitrogens with zero attached hydrogens (tertiary/aromatic N) is 2. The zero-order valence-electron chi connectivity index (χ0n) is 22.2. The number of anilines is 1. The van der Waals surface area contributed by atoms with Gasteiger partial charge in [-0.3, -0.25) is 9.59 Å². The first-order valence-electron chi connectivity index (χ1n) is 13.1. The number of hydrogen-bond acceptors (Lipinski definition) is 5. The van der Waals surface area contributed by atoms with Gasteiger partial charge in [0.15, 0.2) is 0 Å². The number of hydrogen-bond donors (Lipinski definition) is 2. The Morgan fingerprint density at radius 3 is 2.49 bits per heavy atom. The van der Waals surface area contributed by atoms with E-state index < -0.39 is 34.9 Å². The number of aryl methyl sites for hydroxylation is 1. The number of ether oxygens (including phenoxy) is 1. The largest absolute Gasteiger partial charge is 0.477 e. The Kier molecular flexibility index (Phi) is 8.73. The Morgan fingerprint density at radius 2 is 1.90 bits per heavy atom. The number of aliphatic hydroxyl groups is 1. The van der Waals surface area contributed by atoms with Crippen molar-refractivity contribution in [2.75, 3.05) is 24.7 Å². The number of carboxylic acid groups (broad SMARTS) is 1. The fourth-order valence-electron chi connectivity index (χ4n) is 5.28. The fourth-order valence-corrected chi connectivity index (χ4v) is 5.52. The minimum Gasteiger partial charge on any atom is -0.477 e. The lowest BCUT2D eigenvalue weighted by Gasteiger charge is -2.27. The van der Waals surface area contributed by atoms with Gasteiger partial charge in [-0.1, -0.05) is 18.5 Å². The molecule has 0 radical (unpaired) electrons. The van der Waals surface area contributed by atoms with Crippen LogP contribution < -0.4 is 10.3 Å². The summed E-state index contributed by atoms with van der Waals surface area (Å²) in [4.78, 5) is 39.2. The second-order valence-electron chi connectivity index (χ2n) is 9.71. The molecule has 10 heteroatoms. The summed E-state index contributed by atoms with van der Waals surface area (Å²) in [6, 6.07) is 5.78. The molecule has 3 aromatic rings. The number of amides is 1. The van der Waals surface area contributed by atoms with E-state index in [4.69, 9.17) is 16.3 Å². The summed E-state index contributed by atoms with van der Waals surface area (Å²) in [5.74, 6) is -2.06. The first-order chi connectivity index (χ1) is 18.6. The normalized spacial score (nSPS) is 15.2. The third kappa shape index (κ3) is 5.57. The van der Waals surface area contributed by atoms with Gasteiger partial charge < -0.3 is 24.4 Å². The van der Waals surface area contributed by atoms with E-state index in [1.807, 2.05) is 13.8 Å². The Labute approximate surface area is 230 Å².